The summed E-state index contributed by atoms with van der Waals surface area (Å²) in [6.45, 7) is 3.56. The van der Waals surface area contributed by atoms with Gasteiger partial charge in [-0.15, -0.1) is 0 Å². The number of hydrogen-bond acceptors (Lipinski definition) is 7. The smallest absolute Gasteiger partial charge is 0.290 e. The highest BCUT2D eigenvalue weighted by atomic mass is 19.1. The first kappa shape index (κ1) is 26.6. The second kappa shape index (κ2) is 13.1. The van der Waals surface area contributed by atoms with Crippen LogP contribution in [0.2, 0.25) is 0 Å². The minimum atomic E-state index is -0.729. The van der Waals surface area contributed by atoms with Crippen LogP contribution in [0.1, 0.15) is 24.3 Å². The Bertz CT molecular complexity index is 859. The summed E-state index contributed by atoms with van der Waals surface area (Å²) in [5.74, 6) is 0.488. The number of halogens is 1. The van der Waals surface area contributed by atoms with Gasteiger partial charge in [-0.3, -0.25) is 19.3 Å². The zero-order chi connectivity index (χ0) is 24.1. The predicted octanol–water partition coefficient (Wildman–Crippen LogP) is 2.06. The SMILES string of the molecule is Cc1cc(CN2CCC(Nc3cccc(F)c3)(C(=O)N(C)C)CC2)no1.O=CO.O=CO. The Labute approximate surface area is 185 Å². The third-order valence-electron chi connectivity index (χ3n) is 4.80. The lowest BCUT2D eigenvalue weighted by molar-refractivity contribution is -0.135. The van der Waals surface area contributed by atoms with E-state index >= 15 is 0 Å². The van der Waals surface area contributed by atoms with Gasteiger partial charge in [0.05, 0.1) is 5.69 Å². The van der Waals surface area contributed by atoms with Crippen LogP contribution in [0.25, 0.3) is 0 Å². The highest BCUT2D eigenvalue weighted by Gasteiger charge is 2.42. The van der Waals surface area contributed by atoms with Gasteiger partial charge in [-0.1, -0.05) is 11.2 Å². The van der Waals surface area contributed by atoms with Crippen molar-refractivity contribution in [2.24, 2.45) is 0 Å². The van der Waals surface area contributed by atoms with Gasteiger partial charge in [0, 0.05) is 45.5 Å². The zero-order valence-electron chi connectivity index (χ0n) is 18.3. The Kier molecular flexibility index (Phi) is 10.8. The van der Waals surface area contributed by atoms with Crippen molar-refractivity contribution < 1.29 is 33.5 Å². The number of benzene rings is 1. The molecule has 2 heterocycles. The summed E-state index contributed by atoms with van der Waals surface area (Å²) < 4.78 is 18.7. The van der Waals surface area contributed by atoms with Gasteiger partial charge in [0.1, 0.15) is 17.1 Å². The third kappa shape index (κ3) is 7.99. The number of hydrogen-bond donors (Lipinski definition) is 3. The van der Waals surface area contributed by atoms with Crippen molar-refractivity contribution in [1.29, 1.82) is 0 Å². The van der Waals surface area contributed by atoms with Gasteiger partial charge in [0.2, 0.25) is 5.91 Å². The topological polar surface area (TPSA) is 136 Å². The molecule has 10 nitrogen and oxygen atoms in total. The number of nitrogens with one attached hydrogen (secondary N) is 1. The molecule has 1 fully saturated rings. The number of rotatable bonds is 5. The van der Waals surface area contributed by atoms with Crippen LogP contribution in [-0.2, 0) is 20.9 Å². The van der Waals surface area contributed by atoms with E-state index in [9.17, 15) is 9.18 Å². The van der Waals surface area contributed by atoms with Gasteiger partial charge < -0.3 is 25.0 Å². The molecule has 1 aromatic carbocycles. The lowest BCUT2D eigenvalue weighted by Crippen LogP contribution is -2.57. The lowest BCUT2D eigenvalue weighted by Gasteiger charge is -2.42. The minimum Gasteiger partial charge on any atom is -0.483 e. The van der Waals surface area contributed by atoms with Crippen LogP contribution in [0, 0.1) is 12.7 Å². The summed E-state index contributed by atoms with van der Waals surface area (Å²) in [5, 5.41) is 21.1. The largest absolute Gasteiger partial charge is 0.483 e. The van der Waals surface area contributed by atoms with Gasteiger partial charge >= 0.3 is 0 Å². The summed E-state index contributed by atoms with van der Waals surface area (Å²) in [6.07, 6.45) is 1.27. The molecule has 1 amide bonds. The van der Waals surface area contributed by atoms with Crippen molar-refractivity contribution >= 4 is 24.5 Å². The van der Waals surface area contributed by atoms with Gasteiger partial charge in [-0.2, -0.15) is 0 Å². The molecule has 0 aliphatic carbocycles. The first-order valence-electron chi connectivity index (χ1n) is 9.77. The first-order valence-corrected chi connectivity index (χ1v) is 9.77. The molecular formula is C21H29FN4O6. The summed E-state index contributed by atoms with van der Waals surface area (Å²) >= 11 is 0. The van der Waals surface area contributed by atoms with Crippen molar-refractivity contribution in [3.05, 3.63) is 47.6 Å². The minimum absolute atomic E-state index is 0.0127. The van der Waals surface area contributed by atoms with Crippen LogP contribution in [0.15, 0.2) is 34.9 Å². The summed E-state index contributed by atoms with van der Waals surface area (Å²) in [5.41, 5.74) is 0.792. The molecule has 0 radical (unpaired) electrons. The molecule has 0 unspecified atom stereocenters. The molecule has 176 valence electrons. The normalized spacial score (nSPS) is 14.6. The van der Waals surface area contributed by atoms with Crippen molar-refractivity contribution in [3.63, 3.8) is 0 Å². The number of carboxylic acid groups (broad SMARTS) is 2. The van der Waals surface area contributed by atoms with E-state index in [0.29, 0.717) is 25.1 Å². The highest BCUT2D eigenvalue weighted by molar-refractivity contribution is 5.89. The number of carbonyl (C=O) groups excluding carboxylic acids is 1. The highest BCUT2D eigenvalue weighted by Crippen LogP contribution is 2.30. The number of nitrogens with zero attached hydrogens (tertiary/aromatic N) is 3. The van der Waals surface area contributed by atoms with Crippen LogP contribution in [0.4, 0.5) is 10.1 Å². The van der Waals surface area contributed by atoms with Crippen LogP contribution in [0.3, 0.4) is 0 Å². The predicted molar refractivity (Wildman–Crippen MR) is 115 cm³/mol. The van der Waals surface area contributed by atoms with Crippen molar-refractivity contribution in [1.82, 2.24) is 15.0 Å². The first-order chi connectivity index (χ1) is 15.2. The Morgan fingerprint density at radius 2 is 1.84 bits per heavy atom. The summed E-state index contributed by atoms with van der Waals surface area (Å²) in [7, 11) is 3.50. The molecule has 2 aromatic rings. The quantitative estimate of drug-likeness (QED) is 0.582. The third-order valence-corrected chi connectivity index (χ3v) is 4.80. The van der Waals surface area contributed by atoms with Gasteiger partial charge in [-0.05, 0) is 38.0 Å². The Hall–Kier alpha value is -3.47. The maximum atomic E-state index is 13.6. The van der Waals surface area contributed by atoms with Crippen LogP contribution in [0.5, 0.6) is 0 Å². The standard InChI is InChI=1S/C19H25FN4O2.2CH2O2/c1-14-11-17(22-26-14)13-24-9-7-19(8-10-24,18(25)23(2)3)21-16-6-4-5-15(20)12-16;2*2-1-3/h4-6,11-12,21H,7-10,13H2,1-3H3;2*1H,(H,2,3). The summed E-state index contributed by atoms with van der Waals surface area (Å²) in [4.78, 5) is 33.5. The van der Waals surface area contributed by atoms with Gasteiger partial charge in [0.25, 0.3) is 12.9 Å². The molecule has 1 saturated heterocycles. The van der Waals surface area contributed by atoms with Crippen LogP contribution in [-0.4, -0.2) is 76.7 Å². The molecule has 0 atom stereocenters. The van der Waals surface area contributed by atoms with Crippen LogP contribution < -0.4 is 5.32 Å². The second-order valence-corrected chi connectivity index (χ2v) is 7.33. The monoisotopic (exact) mass is 452 g/mol. The van der Waals surface area contributed by atoms with E-state index in [-0.39, 0.29) is 24.7 Å². The Morgan fingerprint density at radius 1 is 1.25 bits per heavy atom. The van der Waals surface area contributed by atoms with Crippen LogP contribution >= 0.6 is 0 Å². The zero-order valence-corrected chi connectivity index (χ0v) is 18.3. The molecule has 1 aliphatic rings. The maximum absolute atomic E-state index is 13.6. The Balaban J connectivity index is 0.000000769. The molecule has 11 heteroatoms. The number of aromatic nitrogens is 1. The van der Waals surface area contributed by atoms with E-state index in [1.165, 1.54) is 12.1 Å². The number of aryl methyl sites for hydroxylation is 1. The molecule has 0 saturated carbocycles. The molecule has 32 heavy (non-hydrogen) atoms. The molecule has 0 bridgehead atoms. The number of likely N-dealkylation sites (N-methyl/N-ethyl adjacent to an activating group) is 1. The number of piperidine rings is 1. The molecule has 1 aliphatic heterocycles. The molecule has 3 N–H and O–H groups in total. The molecule has 3 rings (SSSR count). The van der Waals surface area contributed by atoms with E-state index < -0.39 is 5.54 Å². The fourth-order valence-corrected chi connectivity index (χ4v) is 3.48. The van der Waals surface area contributed by atoms with Crippen molar-refractivity contribution in [3.8, 4) is 0 Å². The van der Waals surface area contributed by atoms with Crippen molar-refractivity contribution in [2.75, 3.05) is 32.5 Å². The van der Waals surface area contributed by atoms with Gasteiger partial charge in [-0.25, -0.2) is 4.39 Å². The van der Waals surface area contributed by atoms with Gasteiger partial charge in [0.15, 0.2) is 0 Å². The number of carbonyl (C=O) groups is 3. The van der Waals surface area contributed by atoms with E-state index in [2.05, 4.69) is 15.4 Å². The second-order valence-electron chi connectivity index (χ2n) is 7.33. The number of likely N-dealkylation sites (tertiary alicyclic amines) is 1. The molecular weight excluding hydrogens is 423 g/mol. The average Bonchev–Trinajstić information content (AvgIpc) is 3.15. The van der Waals surface area contributed by atoms with E-state index in [0.717, 1.165) is 24.5 Å². The van der Waals surface area contributed by atoms with Crippen molar-refractivity contribution in [2.45, 2.75) is 31.8 Å². The molecule has 0 spiro atoms. The Morgan fingerprint density at radius 3 is 2.31 bits per heavy atom. The fraction of sp³-hybridized carbons (Fsp3) is 0.429. The maximum Gasteiger partial charge on any atom is 0.290 e. The van der Waals surface area contributed by atoms with E-state index in [1.54, 1.807) is 31.1 Å². The fourth-order valence-electron chi connectivity index (χ4n) is 3.48. The van der Waals surface area contributed by atoms with E-state index in [4.69, 9.17) is 24.3 Å². The number of amides is 1. The molecule has 1 aromatic heterocycles. The number of anilines is 1. The summed E-state index contributed by atoms with van der Waals surface area (Å²) in [6, 6.07) is 8.19. The lowest BCUT2D eigenvalue weighted by atomic mass is 9.85. The average molecular weight is 452 g/mol. The van der Waals surface area contributed by atoms with E-state index in [1.807, 2.05) is 13.0 Å².